The zero-order valence-electron chi connectivity index (χ0n) is 17.4. The van der Waals surface area contributed by atoms with Crippen molar-refractivity contribution in [2.45, 2.75) is 45.4 Å². The minimum absolute atomic E-state index is 0.0219. The maximum absolute atomic E-state index is 12.7. The van der Waals surface area contributed by atoms with Crippen LogP contribution < -0.4 is 9.47 Å². The van der Waals surface area contributed by atoms with Crippen molar-refractivity contribution in [3.8, 4) is 11.5 Å². The third-order valence-corrected chi connectivity index (χ3v) is 4.45. The summed E-state index contributed by atoms with van der Waals surface area (Å²) in [6, 6.07) is 5.32. The maximum Gasteiger partial charge on any atom is 0.411 e. The van der Waals surface area contributed by atoms with Gasteiger partial charge in [-0.2, -0.15) is 0 Å². The van der Waals surface area contributed by atoms with E-state index in [-0.39, 0.29) is 18.5 Å². The average Bonchev–Trinajstić information content (AvgIpc) is 2.63. The number of nitrogens with zero attached hydrogens (tertiary/aromatic N) is 2. The van der Waals surface area contributed by atoms with Gasteiger partial charge in [-0.15, -0.1) is 6.58 Å². The van der Waals surface area contributed by atoms with Crippen molar-refractivity contribution in [3.63, 3.8) is 0 Å². The molecule has 1 aromatic rings. The Labute approximate surface area is 166 Å². The first-order chi connectivity index (χ1) is 13.2. The lowest BCUT2D eigenvalue weighted by Gasteiger charge is -2.41. The molecule has 154 valence electrons. The SMILES string of the molecule is C=CC[C@H]1CN(Cc2ccc(OC)cc2OC)C(=O)CN1C(=O)OC(C)(C)C. The van der Waals surface area contributed by atoms with Crippen molar-refractivity contribution in [2.24, 2.45) is 0 Å². The Morgan fingerprint density at radius 2 is 2.00 bits per heavy atom. The Morgan fingerprint density at radius 1 is 1.29 bits per heavy atom. The highest BCUT2D eigenvalue weighted by atomic mass is 16.6. The number of benzene rings is 1. The first-order valence-corrected chi connectivity index (χ1v) is 9.27. The second kappa shape index (κ2) is 8.99. The molecule has 0 aliphatic carbocycles. The zero-order valence-corrected chi connectivity index (χ0v) is 17.4. The van der Waals surface area contributed by atoms with E-state index < -0.39 is 11.7 Å². The number of piperazine rings is 1. The highest BCUT2D eigenvalue weighted by Gasteiger charge is 2.36. The smallest absolute Gasteiger partial charge is 0.411 e. The molecule has 1 aliphatic heterocycles. The van der Waals surface area contributed by atoms with Gasteiger partial charge in [-0.1, -0.05) is 6.08 Å². The molecule has 0 spiro atoms. The van der Waals surface area contributed by atoms with Gasteiger partial charge < -0.3 is 19.1 Å². The van der Waals surface area contributed by atoms with Crippen molar-refractivity contribution < 1.29 is 23.8 Å². The lowest BCUT2D eigenvalue weighted by molar-refractivity contribution is -0.138. The topological polar surface area (TPSA) is 68.3 Å². The average molecular weight is 390 g/mol. The van der Waals surface area contributed by atoms with Gasteiger partial charge in [0, 0.05) is 24.7 Å². The summed E-state index contributed by atoms with van der Waals surface area (Å²) < 4.78 is 16.1. The van der Waals surface area contributed by atoms with Gasteiger partial charge in [0.05, 0.1) is 20.3 Å². The van der Waals surface area contributed by atoms with Crippen molar-refractivity contribution >= 4 is 12.0 Å². The third-order valence-electron chi connectivity index (χ3n) is 4.45. The molecule has 7 nitrogen and oxygen atoms in total. The molecule has 0 saturated carbocycles. The molecule has 2 rings (SSSR count). The fourth-order valence-electron chi connectivity index (χ4n) is 3.10. The number of carbonyl (C=O) groups excluding carboxylic acids is 2. The molecule has 2 amide bonds. The molecule has 0 aromatic heterocycles. The molecule has 1 fully saturated rings. The molecule has 1 atom stereocenters. The van der Waals surface area contributed by atoms with Crippen LogP contribution in [0.1, 0.15) is 32.8 Å². The zero-order chi connectivity index (χ0) is 20.9. The number of hydrogen-bond donors (Lipinski definition) is 0. The van der Waals surface area contributed by atoms with Crippen LogP contribution in [0.15, 0.2) is 30.9 Å². The van der Waals surface area contributed by atoms with Gasteiger partial charge in [0.25, 0.3) is 0 Å². The van der Waals surface area contributed by atoms with Gasteiger partial charge in [-0.25, -0.2) is 4.79 Å². The number of amides is 2. The summed E-state index contributed by atoms with van der Waals surface area (Å²) in [5.41, 5.74) is 0.256. The molecule has 1 aromatic carbocycles. The van der Waals surface area contributed by atoms with E-state index in [9.17, 15) is 9.59 Å². The summed E-state index contributed by atoms with van der Waals surface area (Å²) in [5, 5.41) is 0. The van der Waals surface area contributed by atoms with E-state index >= 15 is 0 Å². The highest BCUT2D eigenvalue weighted by Crippen LogP contribution is 2.27. The summed E-state index contributed by atoms with van der Waals surface area (Å²) in [6.07, 6.45) is 1.85. The number of ether oxygens (including phenoxy) is 3. The van der Waals surface area contributed by atoms with Gasteiger partial charge in [0.2, 0.25) is 5.91 Å². The van der Waals surface area contributed by atoms with Crippen LogP contribution in [0.3, 0.4) is 0 Å². The Kier molecular flexibility index (Phi) is 6.94. The molecule has 1 heterocycles. The molecular formula is C21H30N2O5. The van der Waals surface area contributed by atoms with E-state index in [1.165, 1.54) is 4.90 Å². The Hall–Kier alpha value is -2.70. The van der Waals surface area contributed by atoms with Crippen LogP contribution in [-0.4, -0.2) is 60.8 Å². The van der Waals surface area contributed by atoms with E-state index in [0.717, 1.165) is 5.56 Å². The predicted octanol–water partition coefficient (Wildman–Crippen LogP) is 3.23. The third kappa shape index (κ3) is 5.41. The van der Waals surface area contributed by atoms with E-state index in [0.29, 0.717) is 31.0 Å². The van der Waals surface area contributed by atoms with Crippen LogP contribution >= 0.6 is 0 Å². The van der Waals surface area contributed by atoms with Crippen molar-refractivity contribution in [1.29, 1.82) is 0 Å². The number of rotatable bonds is 6. The molecule has 0 bridgehead atoms. The van der Waals surface area contributed by atoms with Gasteiger partial charge in [-0.3, -0.25) is 9.69 Å². The van der Waals surface area contributed by atoms with Crippen LogP contribution in [0.2, 0.25) is 0 Å². The Bertz CT molecular complexity index is 726. The van der Waals surface area contributed by atoms with Crippen LogP contribution in [0.4, 0.5) is 4.79 Å². The van der Waals surface area contributed by atoms with E-state index in [2.05, 4.69) is 6.58 Å². The molecule has 7 heteroatoms. The molecule has 0 radical (unpaired) electrons. The highest BCUT2D eigenvalue weighted by molar-refractivity contribution is 5.84. The van der Waals surface area contributed by atoms with Gasteiger partial charge >= 0.3 is 6.09 Å². The molecule has 1 saturated heterocycles. The van der Waals surface area contributed by atoms with E-state index in [1.807, 2.05) is 12.1 Å². The first-order valence-electron chi connectivity index (χ1n) is 9.27. The molecular weight excluding hydrogens is 360 g/mol. The van der Waals surface area contributed by atoms with Crippen molar-refractivity contribution in [3.05, 3.63) is 36.4 Å². The predicted molar refractivity (Wildman–Crippen MR) is 107 cm³/mol. The lowest BCUT2D eigenvalue weighted by Crippen LogP contribution is -2.58. The number of carbonyl (C=O) groups is 2. The number of hydrogen-bond acceptors (Lipinski definition) is 5. The largest absolute Gasteiger partial charge is 0.497 e. The van der Waals surface area contributed by atoms with Crippen LogP contribution in [0.5, 0.6) is 11.5 Å². The fourth-order valence-corrected chi connectivity index (χ4v) is 3.10. The van der Waals surface area contributed by atoms with Crippen molar-refractivity contribution in [1.82, 2.24) is 9.80 Å². The Balaban J connectivity index is 2.17. The second-order valence-corrected chi connectivity index (χ2v) is 7.74. The second-order valence-electron chi connectivity index (χ2n) is 7.74. The van der Waals surface area contributed by atoms with Crippen molar-refractivity contribution in [2.75, 3.05) is 27.3 Å². The molecule has 0 N–H and O–H groups in total. The molecule has 28 heavy (non-hydrogen) atoms. The fraction of sp³-hybridized carbons (Fsp3) is 0.524. The van der Waals surface area contributed by atoms with E-state index in [4.69, 9.17) is 14.2 Å². The summed E-state index contributed by atoms with van der Waals surface area (Å²) in [4.78, 5) is 28.5. The lowest BCUT2D eigenvalue weighted by atomic mass is 10.1. The monoisotopic (exact) mass is 390 g/mol. The van der Waals surface area contributed by atoms with Gasteiger partial charge in [0.1, 0.15) is 23.6 Å². The van der Waals surface area contributed by atoms with Gasteiger partial charge in [0.15, 0.2) is 0 Å². The molecule has 0 unspecified atom stereocenters. The summed E-state index contributed by atoms with van der Waals surface area (Å²) in [6.45, 7) is 9.97. The van der Waals surface area contributed by atoms with Crippen LogP contribution in [0, 0.1) is 0 Å². The van der Waals surface area contributed by atoms with Crippen LogP contribution in [0.25, 0.3) is 0 Å². The van der Waals surface area contributed by atoms with E-state index in [1.54, 1.807) is 52.0 Å². The normalized spacial score (nSPS) is 17.3. The van der Waals surface area contributed by atoms with Crippen LogP contribution in [-0.2, 0) is 16.1 Å². The first kappa shape index (κ1) is 21.6. The minimum atomic E-state index is -0.619. The summed E-state index contributed by atoms with van der Waals surface area (Å²) in [5.74, 6) is 1.21. The quantitative estimate of drug-likeness (QED) is 0.698. The standard InChI is InChI=1S/C21H30N2O5/c1-7-8-16-13-22(12-15-9-10-17(26-5)11-18(15)27-6)19(24)14-23(16)20(25)28-21(2,3)4/h7,9-11,16H,1,8,12-14H2,2-6H3/t16-/m0/s1. The number of methoxy groups -OCH3 is 2. The minimum Gasteiger partial charge on any atom is -0.497 e. The Morgan fingerprint density at radius 3 is 2.57 bits per heavy atom. The summed E-state index contributed by atoms with van der Waals surface area (Å²) >= 11 is 0. The molecule has 1 aliphatic rings. The van der Waals surface area contributed by atoms with Gasteiger partial charge in [-0.05, 0) is 39.3 Å². The maximum atomic E-state index is 12.7. The summed E-state index contributed by atoms with van der Waals surface area (Å²) in [7, 11) is 3.18.